The second-order valence-electron chi connectivity index (χ2n) is 5.80. The number of Topliss-reactive ketones (excluding diaryl/α,β-unsaturated/α-hetero) is 1. The van der Waals surface area contributed by atoms with Gasteiger partial charge in [0.05, 0.1) is 11.1 Å². The van der Waals surface area contributed by atoms with Crippen LogP contribution in [0.4, 0.5) is 8.78 Å². The normalized spacial score (nSPS) is 10.9. The molecule has 0 bridgehead atoms. The number of fused-ring (bicyclic) bond motifs is 1. The van der Waals surface area contributed by atoms with Gasteiger partial charge in [-0.1, -0.05) is 12.1 Å². The van der Waals surface area contributed by atoms with Gasteiger partial charge in [0.2, 0.25) is 5.78 Å². The van der Waals surface area contributed by atoms with E-state index >= 15 is 0 Å². The summed E-state index contributed by atoms with van der Waals surface area (Å²) in [7, 11) is 0. The molecule has 0 aliphatic rings. The Labute approximate surface area is 152 Å². The zero-order chi connectivity index (χ0) is 19.4. The molecular weight excluding hydrogens is 360 g/mol. The monoisotopic (exact) mass is 375 g/mol. The second-order valence-corrected chi connectivity index (χ2v) is 5.80. The maximum Gasteiger partial charge on any atom is 0.419 e. The minimum atomic E-state index is -0.885. The summed E-state index contributed by atoms with van der Waals surface area (Å²) < 4.78 is 37.9. The number of ether oxygens (including phenoxy) is 1. The van der Waals surface area contributed by atoms with Crippen LogP contribution in [0.3, 0.4) is 0 Å². The molecule has 0 amide bonds. The summed E-state index contributed by atoms with van der Waals surface area (Å²) in [5.74, 6) is -3.69. The predicted molar refractivity (Wildman–Crippen MR) is 91.4 cm³/mol. The zero-order valence-electron chi connectivity index (χ0n) is 14.1. The minimum absolute atomic E-state index is 0.0507. The van der Waals surface area contributed by atoms with E-state index in [1.807, 2.05) is 0 Å². The summed E-state index contributed by atoms with van der Waals surface area (Å²) in [6, 6.07) is 9.37. The molecule has 3 aromatic rings. The summed E-state index contributed by atoms with van der Waals surface area (Å²) in [5.41, 5.74) is 0.597. The van der Waals surface area contributed by atoms with E-state index in [0.717, 1.165) is 18.2 Å². The van der Waals surface area contributed by atoms with Gasteiger partial charge in [-0.3, -0.25) is 14.2 Å². The van der Waals surface area contributed by atoms with Crippen LogP contribution in [0.1, 0.15) is 23.2 Å². The average molecular weight is 375 g/mol. The number of aryl methyl sites for hydroxylation is 1. The average Bonchev–Trinajstić information content (AvgIpc) is 2.97. The lowest BCUT2D eigenvalue weighted by molar-refractivity contribution is -0.142. The van der Waals surface area contributed by atoms with E-state index < -0.39 is 41.3 Å². The number of rotatable bonds is 7. The number of halogens is 2. The summed E-state index contributed by atoms with van der Waals surface area (Å²) in [6.07, 6.45) is 0.232. The topological polar surface area (TPSA) is 78.5 Å². The lowest BCUT2D eigenvalue weighted by Gasteiger charge is -2.06. The summed E-state index contributed by atoms with van der Waals surface area (Å²) in [6.45, 7) is -0.453. The molecule has 0 N–H and O–H groups in total. The predicted octanol–water partition coefficient (Wildman–Crippen LogP) is 3.08. The highest BCUT2D eigenvalue weighted by Crippen LogP contribution is 2.13. The Balaban J connectivity index is 1.51. The number of ketones is 1. The highest BCUT2D eigenvalue weighted by molar-refractivity contribution is 5.98. The van der Waals surface area contributed by atoms with E-state index in [-0.39, 0.29) is 19.4 Å². The first-order chi connectivity index (χ1) is 13.0. The van der Waals surface area contributed by atoms with Crippen molar-refractivity contribution in [1.82, 2.24) is 4.57 Å². The Hall–Kier alpha value is -3.29. The van der Waals surface area contributed by atoms with E-state index in [2.05, 4.69) is 0 Å². The van der Waals surface area contributed by atoms with Crippen LogP contribution < -0.4 is 5.76 Å². The number of hydrogen-bond donors (Lipinski definition) is 0. The number of nitrogens with zero attached hydrogens (tertiary/aromatic N) is 1. The standard InChI is InChI=1S/C19H15F2NO5/c20-12-7-8-14(21)13(10-12)16(23)11-26-18(24)6-3-9-22-15-4-1-2-5-17(15)27-19(22)25/h1-2,4-5,7-8,10H,3,6,9,11H2. The van der Waals surface area contributed by atoms with Gasteiger partial charge in [0.1, 0.15) is 11.6 Å². The van der Waals surface area contributed by atoms with Crippen molar-refractivity contribution in [2.24, 2.45) is 0 Å². The van der Waals surface area contributed by atoms with Gasteiger partial charge in [-0.05, 0) is 36.8 Å². The Morgan fingerprint density at radius 3 is 2.70 bits per heavy atom. The molecular formula is C19H15F2NO5. The molecule has 0 fully saturated rings. The van der Waals surface area contributed by atoms with E-state index in [1.165, 1.54) is 4.57 Å². The fourth-order valence-electron chi connectivity index (χ4n) is 2.61. The van der Waals surface area contributed by atoms with E-state index in [0.29, 0.717) is 11.1 Å². The number of carbonyl (C=O) groups excluding carboxylic acids is 2. The molecule has 6 nitrogen and oxygen atoms in total. The molecule has 0 aliphatic heterocycles. The molecule has 1 heterocycles. The molecule has 0 spiro atoms. The minimum Gasteiger partial charge on any atom is -0.457 e. The van der Waals surface area contributed by atoms with Crippen molar-refractivity contribution in [3.8, 4) is 0 Å². The molecule has 27 heavy (non-hydrogen) atoms. The molecule has 0 saturated heterocycles. The third kappa shape index (κ3) is 4.28. The van der Waals surface area contributed by atoms with Crippen molar-refractivity contribution in [3.05, 3.63) is 70.2 Å². The Morgan fingerprint density at radius 2 is 1.89 bits per heavy atom. The first kappa shape index (κ1) is 18.5. The van der Waals surface area contributed by atoms with Gasteiger partial charge in [-0.25, -0.2) is 13.6 Å². The molecule has 0 aliphatic carbocycles. The van der Waals surface area contributed by atoms with Gasteiger partial charge < -0.3 is 9.15 Å². The molecule has 3 rings (SSSR count). The number of aromatic nitrogens is 1. The fourth-order valence-corrected chi connectivity index (χ4v) is 2.61. The van der Waals surface area contributed by atoms with Crippen molar-refractivity contribution in [2.45, 2.75) is 19.4 Å². The Kier molecular flexibility index (Phi) is 5.44. The van der Waals surface area contributed by atoms with E-state index in [1.54, 1.807) is 24.3 Å². The van der Waals surface area contributed by atoms with Crippen molar-refractivity contribution < 1.29 is 27.5 Å². The highest BCUT2D eigenvalue weighted by atomic mass is 19.1. The quantitative estimate of drug-likeness (QED) is 0.468. The van der Waals surface area contributed by atoms with Crippen molar-refractivity contribution in [1.29, 1.82) is 0 Å². The highest BCUT2D eigenvalue weighted by Gasteiger charge is 2.15. The Morgan fingerprint density at radius 1 is 1.11 bits per heavy atom. The molecule has 0 atom stereocenters. The number of oxazole rings is 1. The van der Waals surface area contributed by atoms with Crippen LogP contribution in [0.2, 0.25) is 0 Å². The van der Waals surface area contributed by atoms with Crippen LogP contribution in [0.25, 0.3) is 11.1 Å². The van der Waals surface area contributed by atoms with Crippen LogP contribution in [0, 0.1) is 11.6 Å². The zero-order valence-corrected chi connectivity index (χ0v) is 14.1. The van der Waals surface area contributed by atoms with Gasteiger partial charge in [-0.15, -0.1) is 0 Å². The summed E-state index contributed by atoms with van der Waals surface area (Å²) in [4.78, 5) is 35.4. The van der Waals surface area contributed by atoms with Crippen LogP contribution >= 0.6 is 0 Å². The number of esters is 1. The fraction of sp³-hybridized carbons (Fsp3) is 0.211. The number of para-hydroxylation sites is 2. The first-order valence-corrected chi connectivity index (χ1v) is 8.18. The third-order valence-corrected chi connectivity index (χ3v) is 3.93. The van der Waals surface area contributed by atoms with Crippen molar-refractivity contribution in [2.75, 3.05) is 6.61 Å². The van der Waals surface area contributed by atoms with Crippen LogP contribution in [-0.2, 0) is 16.1 Å². The summed E-state index contributed by atoms with van der Waals surface area (Å²) in [5, 5.41) is 0. The smallest absolute Gasteiger partial charge is 0.419 e. The van der Waals surface area contributed by atoms with Gasteiger partial charge >= 0.3 is 11.7 Å². The van der Waals surface area contributed by atoms with Crippen LogP contribution in [-0.4, -0.2) is 22.9 Å². The van der Waals surface area contributed by atoms with Gasteiger partial charge in [0.25, 0.3) is 0 Å². The number of benzene rings is 2. The molecule has 8 heteroatoms. The molecule has 0 saturated carbocycles. The molecule has 2 aromatic carbocycles. The number of carbonyl (C=O) groups is 2. The molecule has 140 valence electrons. The molecule has 0 radical (unpaired) electrons. The lowest BCUT2D eigenvalue weighted by Crippen LogP contribution is -2.17. The van der Waals surface area contributed by atoms with Crippen LogP contribution in [0.5, 0.6) is 0 Å². The maximum atomic E-state index is 13.5. The van der Waals surface area contributed by atoms with Gasteiger partial charge in [0.15, 0.2) is 12.2 Å². The SMILES string of the molecule is O=C(CCCn1c(=O)oc2ccccc21)OCC(=O)c1cc(F)ccc1F. The van der Waals surface area contributed by atoms with E-state index in [4.69, 9.17) is 9.15 Å². The first-order valence-electron chi connectivity index (χ1n) is 8.18. The molecule has 0 unspecified atom stereocenters. The number of hydrogen-bond acceptors (Lipinski definition) is 5. The third-order valence-electron chi connectivity index (χ3n) is 3.93. The maximum absolute atomic E-state index is 13.5. The second kappa shape index (κ2) is 7.94. The van der Waals surface area contributed by atoms with Gasteiger partial charge in [-0.2, -0.15) is 0 Å². The Bertz CT molecular complexity index is 1050. The van der Waals surface area contributed by atoms with Crippen LogP contribution in [0.15, 0.2) is 51.7 Å². The van der Waals surface area contributed by atoms with E-state index in [9.17, 15) is 23.2 Å². The van der Waals surface area contributed by atoms with Crippen molar-refractivity contribution >= 4 is 22.9 Å². The largest absolute Gasteiger partial charge is 0.457 e. The lowest BCUT2D eigenvalue weighted by atomic mass is 10.1. The summed E-state index contributed by atoms with van der Waals surface area (Å²) >= 11 is 0. The van der Waals surface area contributed by atoms with Gasteiger partial charge in [0, 0.05) is 13.0 Å². The molecule has 1 aromatic heterocycles. The van der Waals surface area contributed by atoms with Crippen molar-refractivity contribution in [3.63, 3.8) is 0 Å².